The van der Waals surface area contributed by atoms with Gasteiger partial charge in [-0.25, -0.2) is 0 Å². The lowest BCUT2D eigenvalue weighted by atomic mass is 9.96. The van der Waals surface area contributed by atoms with Crippen molar-refractivity contribution in [3.05, 3.63) is 211 Å². The molecule has 0 amide bonds. The molecule has 0 saturated carbocycles. The van der Waals surface area contributed by atoms with Crippen molar-refractivity contribution in [2.24, 2.45) is 0 Å². The van der Waals surface area contributed by atoms with Gasteiger partial charge in [0.1, 0.15) is 0 Å². The predicted octanol–water partition coefficient (Wildman–Crippen LogP) is 13.6. The molecule has 0 saturated heterocycles. The number of allylic oxidation sites excluding steroid dienone is 2. The monoisotopic (exact) mass is 713 g/mol. The van der Waals surface area contributed by atoms with Gasteiger partial charge in [0.15, 0.2) is 0 Å². The molecule has 1 N–H and O–H groups in total. The maximum absolute atomic E-state index is 3.98. The summed E-state index contributed by atoms with van der Waals surface area (Å²) in [5.41, 5.74) is 10.6. The number of hydrogen-bond acceptors (Lipinski definition) is 1. The summed E-state index contributed by atoms with van der Waals surface area (Å²) >= 11 is 0. The zero-order chi connectivity index (χ0) is 36.7. The van der Waals surface area contributed by atoms with Crippen LogP contribution in [-0.4, -0.2) is 9.13 Å². The van der Waals surface area contributed by atoms with E-state index in [9.17, 15) is 0 Å². The highest BCUT2D eigenvalue weighted by molar-refractivity contribution is 6.26. The molecule has 0 aliphatic carbocycles. The van der Waals surface area contributed by atoms with Crippen molar-refractivity contribution in [2.45, 2.75) is 6.04 Å². The van der Waals surface area contributed by atoms with E-state index in [-0.39, 0.29) is 6.04 Å². The molecule has 1 aliphatic rings. The molecule has 3 heteroatoms. The topological polar surface area (TPSA) is 21.9 Å². The first-order valence-electron chi connectivity index (χ1n) is 19.4. The standard InChI is InChI=1S/C53H35N3/c1-4-14-37-29-40(23-21-34(37)11-1)47-32-43(33-48(54-47)41-24-22-35-12-2-5-15-38(35)30-41)56-49-19-9-7-17-44(49)45-27-28-51-52(53(45)56)46-18-8-10-20-50(46)55(51)42-26-25-36-13-3-6-16-39(36)31-42/h1-33,47,54H. The summed E-state index contributed by atoms with van der Waals surface area (Å²) in [6.07, 6.45) is 4.77. The Balaban J connectivity index is 1.16. The van der Waals surface area contributed by atoms with Crippen LogP contribution in [0.4, 0.5) is 0 Å². The molecule has 11 aromatic rings. The fourth-order valence-electron chi connectivity index (χ4n) is 9.23. The summed E-state index contributed by atoms with van der Waals surface area (Å²) in [6, 6.07) is 68.8. The Morgan fingerprint density at radius 2 is 1.00 bits per heavy atom. The fraction of sp³-hybridized carbons (Fsp3) is 0.0189. The smallest absolute Gasteiger partial charge is 0.0721 e. The molecular weight excluding hydrogens is 679 g/mol. The summed E-state index contributed by atoms with van der Waals surface area (Å²) < 4.78 is 4.98. The van der Waals surface area contributed by atoms with Crippen LogP contribution in [0.2, 0.25) is 0 Å². The maximum atomic E-state index is 3.98. The highest BCUT2D eigenvalue weighted by Crippen LogP contribution is 2.44. The van der Waals surface area contributed by atoms with Gasteiger partial charge in [-0.2, -0.15) is 0 Å². The van der Waals surface area contributed by atoms with Crippen molar-refractivity contribution >= 4 is 87.3 Å². The number of nitrogens with one attached hydrogen (secondary N) is 1. The highest BCUT2D eigenvalue weighted by Gasteiger charge is 2.25. The number of aromatic nitrogens is 2. The van der Waals surface area contributed by atoms with Gasteiger partial charge in [-0.3, -0.25) is 0 Å². The molecule has 0 fully saturated rings. The number of rotatable bonds is 4. The molecule has 3 heterocycles. The summed E-state index contributed by atoms with van der Waals surface area (Å²) in [5.74, 6) is 0. The van der Waals surface area contributed by atoms with Gasteiger partial charge in [0.2, 0.25) is 0 Å². The molecule has 0 radical (unpaired) electrons. The van der Waals surface area contributed by atoms with E-state index >= 15 is 0 Å². The van der Waals surface area contributed by atoms with Crippen molar-refractivity contribution in [1.82, 2.24) is 14.5 Å². The average Bonchev–Trinajstić information content (AvgIpc) is 3.79. The fourth-order valence-corrected chi connectivity index (χ4v) is 9.23. The van der Waals surface area contributed by atoms with Gasteiger partial charge in [0.25, 0.3) is 0 Å². The van der Waals surface area contributed by atoms with Crippen LogP contribution in [0.1, 0.15) is 17.2 Å². The van der Waals surface area contributed by atoms with E-state index in [2.05, 4.69) is 215 Å². The molecule has 262 valence electrons. The Bertz CT molecular complexity index is 3460. The van der Waals surface area contributed by atoms with Gasteiger partial charge in [-0.05, 0) is 98.1 Å². The summed E-state index contributed by atoms with van der Waals surface area (Å²) in [6.45, 7) is 0. The first-order chi connectivity index (χ1) is 27.7. The van der Waals surface area contributed by atoms with E-state index in [1.807, 2.05) is 0 Å². The molecular formula is C53H35N3. The third-order valence-corrected chi connectivity index (χ3v) is 11.9. The molecule has 56 heavy (non-hydrogen) atoms. The molecule has 1 unspecified atom stereocenters. The molecule has 1 atom stereocenters. The van der Waals surface area contributed by atoms with Gasteiger partial charge in [0, 0.05) is 38.6 Å². The van der Waals surface area contributed by atoms with Crippen molar-refractivity contribution < 1.29 is 0 Å². The van der Waals surface area contributed by atoms with E-state index < -0.39 is 0 Å². The number of dihydropyridines is 1. The molecule has 12 rings (SSSR count). The zero-order valence-corrected chi connectivity index (χ0v) is 30.5. The largest absolute Gasteiger partial charge is 0.374 e. The van der Waals surface area contributed by atoms with Gasteiger partial charge >= 0.3 is 0 Å². The molecule has 0 bridgehead atoms. The van der Waals surface area contributed by atoms with Crippen LogP contribution in [0, 0.1) is 0 Å². The average molecular weight is 714 g/mol. The predicted molar refractivity (Wildman–Crippen MR) is 237 cm³/mol. The van der Waals surface area contributed by atoms with E-state index in [1.165, 1.54) is 87.1 Å². The van der Waals surface area contributed by atoms with Crippen LogP contribution in [0.15, 0.2) is 200 Å². The number of fused-ring (bicyclic) bond motifs is 10. The van der Waals surface area contributed by atoms with Crippen LogP contribution < -0.4 is 5.32 Å². The van der Waals surface area contributed by atoms with Gasteiger partial charge in [0.05, 0.1) is 28.1 Å². The van der Waals surface area contributed by atoms with Crippen molar-refractivity contribution in [1.29, 1.82) is 0 Å². The van der Waals surface area contributed by atoms with Crippen LogP contribution in [-0.2, 0) is 0 Å². The van der Waals surface area contributed by atoms with E-state index in [0.29, 0.717) is 0 Å². The third-order valence-electron chi connectivity index (χ3n) is 11.9. The summed E-state index contributed by atoms with van der Waals surface area (Å²) in [7, 11) is 0. The minimum atomic E-state index is -0.0598. The molecule has 0 spiro atoms. The van der Waals surface area contributed by atoms with Crippen molar-refractivity contribution in [3.63, 3.8) is 0 Å². The van der Waals surface area contributed by atoms with Crippen LogP contribution in [0.5, 0.6) is 0 Å². The van der Waals surface area contributed by atoms with E-state index in [4.69, 9.17) is 0 Å². The van der Waals surface area contributed by atoms with Crippen LogP contribution >= 0.6 is 0 Å². The SMILES string of the molecule is C1=C(c2ccc3ccccc3c2)NC(c2ccc3ccccc3c2)C=C1n1c2ccccc2c2ccc3c(c4ccccc4n3-c3ccc4ccccc4c3)c21. The molecule has 1 aliphatic heterocycles. The second kappa shape index (κ2) is 12.1. The minimum absolute atomic E-state index is 0.0598. The van der Waals surface area contributed by atoms with E-state index in [0.717, 1.165) is 17.1 Å². The Morgan fingerprint density at radius 1 is 0.411 bits per heavy atom. The quantitative estimate of drug-likeness (QED) is 0.193. The molecule has 9 aromatic carbocycles. The van der Waals surface area contributed by atoms with Crippen LogP contribution in [0.3, 0.4) is 0 Å². The van der Waals surface area contributed by atoms with Crippen LogP contribution in [0.25, 0.3) is 93.0 Å². The highest BCUT2D eigenvalue weighted by atomic mass is 15.0. The Kier molecular flexibility index (Phi) is 6.69. The first-order valence-corrected chi connectivity index (χ1v) is 19.4. The Morgan fingerprint density at radius 3 is 1.75 bits per heavy atom. The van der Waals surface area contributed by atoms with Gasteiger partial charge < -0.3 is 14.5 Å². The lowest BCUT2D eigenvalue weighted by Crippen LogP contribution is -2.22. The van der Waals surface area contributed by atoms with Gasteiger partial charge in [-0.1, -0.05) is 146 Å². The number of nitrogens with zero attached hydrogens (tertiary/aromatic N) is 2. The third kappa shape index (κ3) is 4.71. The van der Waals surface area contributed by atoms with Crippen molar-refractivity contribution in [2.75, 3.05) is 0 Å². The van der Waals surface area contributed by atoms with E-state index in [1.54, 1.807) is 0 Å². The molecule has 2 aromatic heterocycles. The normalized spacial score (nSPS) is 14.6. The Labute approximate surface area is 323 Å². The van der Waals surface area contributed by atoms with Gasteiger partial charge in [-0.15, -0.1) is 0 Å². The lowest BCUT2D eigenvalue weighted by Gasteiger charge is -2.27. The second-order valence-corrected chi connectivity index (χ2v) is 15.0. The van der Waals surface area contributed by atoms with Crippen molar-refractivity contribution in [3.8, 4) is 5.69 Å². The molecule has 3 nitrogen and oxygen atoms in total. The second-order valence-electron chi connectivity index (χ2n) is 15.0. The number of hydrogen-bond donors (Lipinski definition) is 1. The minimum Gasteiger partial charge on any atom is -0.374 e. The lowest BCUT2D eigenvalue weighted by molar-refractivity contribution is 0.763. The summed E-state index contributed by atoms with van der Waals surface area (Å²) in [5, 5.41) is 16.4. The number of benzene rings is 9. The first kappa shape index (κ1) is 31.0. The maximum Gasteiger partial charge on any atom is 0.0721 e. The zero-order valence-electron chi connectivity index (χ0n) is 30.5. The summed E-state index contributed by atoms with van der Waals surface area (Å²) in [4.78, 5) is 0. The number of para-hydroxylation sites is 2. The Hall–Kier alpha value is -7.36.